The van der Waals surface area contributed by atoms with Gasteiger partial charge in [0.25, 0.3) is 0 Å². The van der Waals surface area contributed by atoms with Crippen molar-refractivity contribution >= 4 is 23.1 Å². The maximum atomic E-state index is 13.2. The molecular weight excluding hydrogens is 287 g/mol. The van der Waals surface area contributed by atoms with Crippen LogP contribution in [0.3, 0.4) is 0 Å². The van der Waals surface area contributed by atoms with Crippen molar-refractivity contribution < 1.29 is 9.18 Å². The lowest BCUT2D eigenvalue weighted by molar-refractivity contribution is -0.138. The Morgan fingerprint density at radius 2 is 2.05 bits per heavy atom. The number of carbonyl (C=O) groups is 1. The number of benzene rings is 1. The molecule has 2 N–H and O–H groups in total. The molecule has 1 aromatic carbocycles. The highest BCUT2D eigenvalue weighted by molar-refractivity contribution is 7.80. The smallest absolute Gasteiger partial charge is 0.235 e. The first-order valence-electron chi connectivity index (χ1n) is 7.25. The van der Waals surface area contributed by atoms with Crippen LogP contribution in [-0.2, 0) is 11.3 Å². The zero-order valence-electron chi connectivity index (χ0n) is 12.3. The monoisotopic (exact) mass is 308 g/mol. The first-order valence-corrected chi connectivity index (χ1v) is 7.66. The number of rotatable bonds is 4. The molecular formula is C16H21FN2OS. The molecule has 1 saturated carbocycles. The van der Waals surface area contributed by atoms with Gasteiger partial charge >= 0.3 is 0 Å². The van der Waals surface area contributed by atoms with Gasteiger partial charge in [0, 0.05) is 13.6 Å². The number of thiocarbonyl (C=S) groups is 1. The lowest BCUT2D eigenvalue weighted by Crippen LogP contribution is -2.50. The average molecular weight is 308 g/mol. The van der Waals surface area contributed by atoms with E-state index in [0.29, 0.717) is 24.4 Å². The Morgan fingerprint density at radius 3 is 2.62 bits per heavy atom. The van der Waals surface area contributed by atoms with Crippen LogP contribution in [-0.4, -0.2) is 22.8 Å². The summed E-state index contributed by atoms with van der Waals surface area (Å²) in [6.07, 6.45) is 4.49. The maximum absolute atomic E-state index is 13.2. The molecule has 21 heavy (non-hydrogen) atoms. The highest BCUT2D eigenvalue weighted by Gasteiger charge is 2.43. The van der Waals surface area contributed by atoms with Crippen LogP contribution in [0.5, 0.6) is 0 Å². The molecule has 1 fully saturated rings. The van der Waals surface area contributed by atoms with Gasteiger partial charge in [0.15, 0.2) is 0 Å². The largest absolute Gasteiger partial charge is 0.392 e. The van der Waals surface area contributed by atoms with E-state index < -0.39 is 5.41 Å². The van der Waals surface area contributed by atoms with E-state index in [1.165, 1.54) is 12.1 Å². The molecule has 1 aromatic rings. The van der Waals surface area contributed by atoms with Crippen LogP contribution in [0, 0.1) is 11.2 Å². The quantitative estimate of drug-likeness (QED) is 0.870. The fraction of sp³-hybridized carbons (Fsp3) is 0.500. The lowest BCUT2D eigenvalue weighted by atomic mass is 9.73. The molecule has 3 nitrogen and oxygen atoms in total. The molecule has 1 aliphatic carbocycles. The van der Waals surface area contributed by atoms with E-state index in [4.69, 9.17) is 18.0 Å². The van der Waals surface area contributed by atoms with Crippen LogP contribution in [0.2, 0.25) is 0 Å². The SMILES string of the molecule is CN(Cc1cccc(F)c1)C(=O)C1(C(N)=S)CCCCC1. The fourth-order valence-corrected chi connectivity index (χ4v) is 3.36. The topological polar surface area (TPSA) is 46.3 Å². The number of hydrogen-bond donors (Lipinski definition) is 1. The predicted octanol–water partition coefficient (Wildman–Crippen LogP) is 3.02. The van der Waals surface area contributed by atoms with E-state index in [1.54, 1.807) is 24.1 Å². The summed E-state index contributed by atoms with van der Waals surface area (Å²) in [4.78, 5) is 14.7. The van der Waals surface area contributed by atoms with E-state index in [1.807, 2.05) is 0 Å². The zero-order chi connectivity index (χ0) is 15.5. The Labute approximate surface area is 130 Å². The molecule has 1 amide bonds. The van der Waals surface area contributed by atoms with Gasteiger partial charge in [0.05, 0.1) is 10.4 Å². The van der Waals surface area contributed by atoms with E-state index in [0.717, 1.165) is 24.8 Å². The van der Waals surface area contributed by atoms with Crippen molar-refractivity contribution in [1.82, 2.24) is 4.90 Å². The second-order valence-electron chi connectivity index (χ2n) is 5.80. The van der Waals surface area contributed by atoms with Gasteiger partial charge in [-0.05, 0) is 30.5 Å². The van der Waals surface area contributed by atoms with Gasteiger partial charge in [-0.15, -0.1) is 0 Å². The third-order valence-corrected chi connectivity index (χ3v) is 4.63. The number of amides is 1. The summed E-state index contributed by atoms with van der Waals surface area (Å²) in [7, 11) is 1.72. The van der Waals surface area contributed by atoms with Crippen LogP contribution >= 0.6 is 12.2 Å². The van der Waals surface area contributed by atoms with Gasteiger partial charge in [-0.3, -0.25) is 4.79 Å². The van der Waals surface area contributed by atoms with Crippen molar-refractivity contribution in [3.05, 3.63) is 35.6 Å². The predicted molar refractivity (Wildman–Crippen MR) is 85.2 cm³/mol. The number of nitrogens with zero attached hydrogens (tertiary/aromatic N) is 1. The molecule has 5 heteroatoms. The first-order chi connectivity index (χ1) is 9.95. The minimum absolute atomic E-state index is 0.0426. The van der Waals surface area contributed by atoms with E-state index in [-0.39, 0.29) is 11.7 Å². The van der Waals surface area contributed by atoms with E-state index >= 15 is 0 Å². The highest BCUT2D eigenvalue weighted by Crippen LogP contribution is 2.38. The van der Waals surface area contributed by atoms with Gasteiger partial charge in [0.1, 0.15) is 5.82 Å². The second kappa shape index (κ2) is 6.52. The van der Waals surface area contributed by atoms with Gasteiger partial charge < -0.3 is 10.6 Å². The number of halogens is 1. The highest BCUT2D eigenvalue weighted by atomic mass is 32.1. The average Bonchev–Trinajstić information content (AvgIpc) is 2.47. The molecule has 114 valence electrons. The lowest BCUT2D eigenvalue weighted by Gasteiger charge is -2.37. The summed E-state index contributed by atoms with van der Waals surface area (Å²) in [5.41, 5.74) is 5.93. The summed E-state index contributed by atoms with van der Waals surface area (Å²) >= 11 is 5.18. The fourth-order valence-electron chi connectivity index (χ4n) is 3.07. The minimum Gasteiger partial charge on any atom is -0.392 e. The molecule has 0 saturated heterocycles. The van der Waals surface area contributed by atoms with Crippen molar-refractivity contribution in [1.29, 1.82) is 0 Å². The molecule has 2 rings (SSSR count). The zero-order valence-corrected chi connectivity index (χ0v) is 13.1. The molecule has 0 heterocycles. The van der Waals surface area contributed by atoms with Gasteiger partial charge in [-0.1, -0.05) is 43.6 Å². The molecule has 0 unspecified atom stereocenters. The third-order valence-electron chi connectivity index (χ3n) is 4.24. The summed E-state index contributed by atoms with van der Waals surface area (Å²) in [5, 5.41) is 0. The van der Waals surface area contributed by atoms with Crippen LogP contribution in [0.15, 0.2) is 24.3 Å². The van der Waals surface area contributed by atoms with E-state index in [9.17, 15) is 9.18 Å². The van der Waals surface area contributed by atoms with Crippen LogP contribution < -0.4 is 5.73 Å². The molecule has 0 aromatic heterocycles. The molecule has 0 bridgehead atoms. The normalized spacial score (nSPS) is 17.2. The molecule has 0 atom stereocenters. The van der Waals surface area contributed by atoms with Crippen molar-refractivity contribution in [3.8, 4) is 0 Å². The summed E-state index contributed by atoms with van der Waals surface area (Å²) in [6, 6.07) is 6.29. The molecule has 0 spiro atoms. The number of carbonyl (C=O) groups excluding carboxylic acids is 1. The Kier molecular flexibility index (Phi) is 4.93. The molecule has 1 aliphatic rings. The van der Waals surface area contributed by atoms with Crippen molar-refractivity contribution in [2.75, 3.05) is 7.05 Å². The van der Waals surface area contributed by atoms with Gasteiger partial charge in [0.2, 0.25) is 5.91 Å². The van der Waals surface area contributed by atoms with Gasteiger partial charge in [-0.25, -0.2) is 4.39 Å². The Bertz CT molecular complexity index is 541. The number of nitrogens with two attached hydrogens (primary N) is 1. The summed E-state index contributed by atoms with van der Waals surface area (Å²) in [5.74, 6) is -0.339. The molecule has 0 aliphatic heterocycles. The maximum Gasteiger partial charge on any atom is 0.235 e. The second-order valence-corrected chi connectivity index (χ2v) is 6.24. The standard InChI is InChI=1S/C16H21FN2OS/c1-19(11-12-6-5-7-13(17)10-12)15(20)16(14(18)21)8-3-2-4-9-16/h5-7,10H,2-4,8-9,11H2,1H3,(H2,18,21). The Hall–Kier alpha value is -1.49. The van der Waals surface area contributed by atoms with E-state index in [2.05, 4.69) is 0 Å². The van der Waals surface area contributed by atoms with Crippen molar-refractivity contribution in [2.24, 2.45) is 11.1 Å². The van der Waals surface area contributed by atoms with Crippen LogP contribution in [0.25, 0.3) is 0 Å². The van der Waals surface area contributed by atoms with Gasteiger partial charge in [-0.2, -0.15) is 0 Å². The minimum atomic E-state index is -0.713. The third kappa shape index (κ3) is 3.40. The van der Waals surface area contributed by atoms with Crippen LogP contribution in [0.4, 0.5) is 4.39 Å². The Balaban J connectivity index is 2.15. The van der Waals surface area contributed by atoms with Crippen LogP contribution in [0.1, 0.15) is 37.7 Å². The number of hydrogen-bond acceptors (Lipinski definition) is 2. The van der Waals surface area contributed by atoms with Crippen molar-refractivity contribution in [2.45, 2.75) is 38.6 Å². The first kappa shape index (κ1) is 15.9. The summed E-state index contributed by atoms with van der Waals surface area (Å²) < 4.78 is 13.2. The summed E-state index contributed by atoms with van der Waals surface area (Å²) in [6.45, 7) is 0.362. The Morgan fingerprint density at radius 1 is 1.38 bits per heavy atom. The molecule has 0 radical (unpaired) electrons. The van der Waals surface area contributed by atoms with Crippen molar-refractivity contribution in [3.63, 3.8) is 0 Å².